The fourth-order valence-electron chi connectivity index (χ4n) is 2.36. The molecule has 126 valence electrons. The third-order valence-electron chi connectivity index (χ3n) is 3.76. The normalized spacial score (nSPS) is 11.5. The Kier molecular flexibility index (Phi) is 5.05. The second kappa shape index (κ2) is 7.40. The molecule has 0 aliphatic carbocycles. The van der Waals surface area contributed by atoms with Gasteiger partial charge in [-0.25, -0.2) is 4.98 Å². The van der Waals surface area contributed by atoms with Crippen LogP contribution in [0.5, 0.6) is 0 Å². The summed E-state index contributed by atoms with van der Waals surface area (Å²) in [6.45, 7) is 8.32. The molecule has 0 unspecified atom stereocenters. The van der Waals surface area contributed by atoms with Gasteiger partial charge in [0.2, 0.25) is 11.8 Å². The van der Waals surface area contributed by atoms with Gasteiger partial charge < -0.3 is 8.94 Å². The first-order valence-electron chi connectivity index (χ1n) is 8.20. The molecule has 0 atom stereocenters. The number of nitrogens with zero attached hydrogens (tertiary/aromatic N) is 4. The topological polar surface area (TPSA) is 68.2 Å². The predicted molar refractivity (Wildman–Crippen MR) is 90.1 cm³/mol. The first-order valence-corrected chi connectivity index (χ1v) is 8.20. The maximum absolute atomic E-state index is 5.59. The fraction of sp³-hybridized carbons (Fsp3) is 0.389. The number of aromatic nitrogens is 3. The van der Waals surface area contributed by atoms with Gasteiger partial charge in [-0.15, -0.1) is 0 Å². The Morgan fingerprint density at radius 2 is 1.88 bits per heavy atom. The molecule has 24 heavy (non-hydrogen) atoms. The highest BCUT2D eigenvalue weighted by Gasteiger charge is 2.15. The predicted octanol–water partition coefficient (Wildman–Crippen LogP) is 3.87. The number of benzene rings is 1. The largest absolute Gasteiger partial charge is 0.444 e. The molecule has 0 N–H and O–H groups in total. The highest BCUT2D eigenvalue weighted by molar-refractivity contribution is 5.52. The van der Waals surface area contributed by atoms with E-state index in [2.05, 4.69) is 26.9 Å². The molecule has 0 amide bonds. The molecule has 1 aromatic carbocycles. The molecule has 0 saturated carbocycles. The summed E-state index contributed by atoms with van der Waals surface area (Å²) in [4.78, 5) is 11.2. The van der Waals surface area contributed by atoms with Crippen LogP contribution in [0.3, 0.4) is 0 Å². The zero-order chi connectivity index (χ0) is 16.9. The molecule has 6 nitrogen and oxygen atoms in total. The van der Waals surface area contributed by atoms with Gasteiger partial charge in [-0.3, -0.25) is 4.90 Å². The Bertz CT molecular complexity index is 764. The molecule has 6 heteroatoms. The van der Waals surface area contributed by atoms with E-state index in [4.69, 9.17) is 8.94 Å². The van der Waals surface area contributed by atoms with E-state index < -0.39 is 0 Å². The smallest absolute Gasteiger partial charge is 0.240 e. The second-order valence-electron chi connectivity index (χ2n) is 6.01. The summed E-state index contributed by atoms with van der Waals surface area (Å²) in [7, 11) is 0. The zero-order valence-electron chi connectivity index (χ0n) is 14.3. The average molecular weight is 326 g/mol. The van der Waals surface area contributed by atoms with Crippen molar-refractivity contribution < 1.29 is 8.94 Å². The third kappa shape index (κ3) is 3.89. The molecule has 0 aliphatic heterocycles. The van der Waals surface area contributed by atoms with E-state index in [9.17, 15) is 0 Å². The maximum atomic E-state index is 5.59. The Balaban J connectivity index is 1.66. The quantitative estimate of drug-likeness (QED) is 0.656. The van der Waals surface area contributed by atoms with Crippen LogP contribution in [-0.4, -0.2) is 26.6 Å². The molecular weight excluding hydrogens is 304 g/mol. The molecule has 0 radical (unpaired) electrons. The SMILES string of the molecule is CCN(Cc1coc(-c2ccccc2)n1)Cc1nc(C(C)C)no1. The lowest BCUT2D eigenvalue weighted by Crippen LogP contribution is -2.22. The van der Waals surface area contributed by atoms with Gasteiger partial charge in [0.15, 0.2) is 5.82 Å². The number of oxazole rings is 1. The standard InChI is InChI=1S/C18H22N4O2/c1-4-22(11-16-20-17(13(2)3)21-24-16)10-15-12-23-18(19-15)14-8-6-5-7-9-14/h5-9,12-13H,4,10-11H2,1-3H3. The van der Waals surface area contributed by atoms with Crippen molar-refractivity contribution in [3.8, 4) is 11.5 Å². The molecule has 0 spiro atoms. The van der Waals surface area contributed by atoms with Gasteiger partial charge in [0.05, 0.1) is 12.2 Å². The monoisotopic (exact) mass is 326 g/mol. The molecule has 0 saturated heterocycles. The first kappa shape index (κ1) is 16.4. The van der Waals surface area contributed by atoms with Gasteiger partial charge in [-0.05, 0) is 18.7 Å². The lowest BCUT2D eigenvalue weighted by atomic mass is 10.2. The van der Waals surface area contributed by atoms with Crippen molar-refractivity contribution in [3.05, 3.63) is 54.0 Å². The maximum Gasteiger partial charge on any atom is 0.240 e. The highest BCUT2D eigenvalue weighted by Crippen LogP contribution is 2.19. The molecule has 2 aromatic heterocycles. The minimum atomic E-state index is 0.265. The Labute approximate surface area is 141 Å². The van der Waals surface area contributed by atoms with Crippen LogP contribution in [0.15, 0.2) is 45.5 Å². The van der Waals surface area contributed by atoms with Crippen LogP contribution in [0.25, 0.3) is 11.5 Å². The van der Waals surface area contributed by atoms with Crippen molar-refractivity contribution in [2.75, 3.05) is 6.54 Å². The highest BCUT2D eigenvalue weighted by atomic mass is 16.5. The molecule has 2 heterocycles. The van der Waals surface area contributed by atoms with Gasteiger partial charge in [-0.2, -0.15) is 4.98 Å². The lowest BCUT2D eigenvalue weighted by Gasteiger charge is -2.16. The van der Waals surface area contributed by atoms with Gasteiger partial charge in [-0.1, -0.05) is 44.1 Å². The van der Waals surface area contributed by atoms with E-state index in [-0.39, 0.29) is 5.92 Å². The van der Waals surface area contributed by atoms with Crippen LogP contribution in [0.1, 0.15) is 44.1 Å². The van der Waals surface area contributed by atoms with E-state index >= 15 is 0 Å². The van der Waals surface area contributed by atoms with Crippen LogP contribution in [0.4, 0.5) is 0 Å². The van der Waals surface area contributed by atoms with Crippen LogP contribution < -0.4 is 0 Å². The van der Waals surface area contributed by atoms with E-state index in [1.54, 1.807) is 6.26 Å². The summed E-state index contributed by atoms with van der Waals surface area (Å²) in [6, 6.07) is 9.89. The molecule has 3 rings (SSSR count). The average Bonchev–Trinajstić information content (AvgIpc) is 3.24. The molecule has 0 bridgehead atoms. The Morgan fingerprint density at radius 1 is 1.08 bits per heavy atom. The van der Waals surface area contributed by atoms with Crippen LogP contribution in [0, 0.1) is 0 Å². The fourth-order valence-corrected chi connectivity index (χ4v) is 2.36. The van der Waals surface area contributed by atoms with E-state index in [1.807, 2.05) is 44.2 Å². The molecule has 0 fully saturated rings. The summed E-state index contributed by atoms with van der Waals surface area (Å²) in [5.41, 5.74) is 1.87. The first-order chi connectivity index (χ1) is 11.7. The van der Waals surface area contributed by atoms with Crippen molar-refractivity contribution >= 4 is 0 Å². The summed E-state index contributed by atoms with van der Waals surface area (Å²) in [5.74, 6) is 2.28. The van der Waals surface area contributed by atoms with Crippen molar-refractivity contribution in [1.29, 1.82) is 0 Å². The minimum Gasteiger partial charge on any atom is -0.444 e. The van der Waals surface area contributed by atoms with Crippen molar-refractivity contribution in [3.63, 3.8) is 0 Å². The van der Waals surface area contributed by atoms with Crippen LogP contribution in [0.2, 0.25) is 0 Å². The number of rotatable bonds is 7. The summed E-state index contributed by atoms with van der Waals surface area (Å²) in [6.07, 6.45) is 1.71. The van der Waals surface area contributed by atoms with Gasteiger partial charge in [0, 0.05) is 18.0 Å². The number of hydrogen-bond acceptors (Lipinski definition) is 6. The van der Waals surface area contributed by atoms with E-state index in [0.29, 0.717) is 24.9 Å². The summed E-state index contributed by atoms with van der Waals surface area (Å²) < 4.78 is 10.9. The lowest BCUT2D eigenvalue weighted by molar-refractivity contribution is 0.226. The number of hydrogen-bond donors (Lipinski definition) is 0. The van der Waals surface area contributed by atoms with Crippen molar-refractivity contribution in [1.82, 2.24) is 20.0 Å². The van der Waals surface area contributed by atoms with Gasteiger partial charge in [0.25, 0.3) is 0 Å². The third-order valence-corrected chi connectivity index (χ3v) is 3.76. The zero-order valence-corrected chi connectivity index (χ0v) is 14.3. The molecule has 0 aliphatic rings. The van der Waals surface area contributed by atoms with E-state index in [1.165, 1.54) is 0 Å². The Morgan fingerprint density at radius 3 is 2.54 bits per heavy atom. The molecular formula is C18H22N4O2. The van der Waals surface area contributed by atoms with Crippen molar-refractivity contribution in [2.45, 2.75) is 39.8 Å². The minimum absolute atomic E-state index is 0.265. The Hall–Kier alpha value is -2.47. The summed E-state index contributed by atoms with van der Waals surface area (Å²) >= 11 is 0. The van der Waals surface area contributed by atoms with Crippen molar-refractivity contribution in [2.24, 2.45) is 0 Å². The summed E-state index contributed by atoms with van der Waals surface area (Å²) in [5, 5.41) is 4.01. The van der Waals surface area contributed by atoms with Crippen LogP contribution in [-0.2, 0) is 13.1 Å². The van der Waals surface area contributed by atoms with E-state index in [0.717, 1.165) is 23.6 Å². The van der Waals surface area contributed by atoms with Crippen LogP contribution >= 0.6 is 0 Å². The molecule has 3 aromatic rings. The van der Waals surface area contributed by atoms with Gasteiger partial charge >= 0.3 is 0 Å². The van der Waals surface area contributed by atoms with Gasteiger partial charge in [0.1, 0.15) is 6.26 Å². The second-order valence-corrected chi connectivity index (χ2v) is 6.01.